The van der Waals surface area contributed by atoms with E-state index in [0.717, 1.165) is 23.9 Å². The molecule has 32 heavy (non-hydrogen) atoms. The molecule has 1 atom stereocenters. The molecule has 6 nitrogen and oxygen atoms in total. The van der Waals surface area contributed by atoms with E-state index in [1.165, 1.54) is 23.3 Å². The highest BCUT2D eigenvalue weighted by molar-refractivity contribution is 5.96. The molecular formula is C25H28FN5O. The predicted molar refractivity (Wildman–Crippen MR) is 124 cm³/mol. The van der Waals surface area contributed by atoms with Crippen LogP contribution in [-0.4, -0.2) is 41.4 Å². The number of carbonyl (C=O) groups is 1. The number of hydrogen-bond donors (Lipinski definition) is 1. The molecule has 1 unspecified atom stereocenters. The Morgan fingerprint density at radius 2 is 1.88 bits per heavy atom. The predicted octanol–water partition coefficient (Wildman–Crippen LogP) is 4.12. The van der Waals surface area contributed by atoms with Gasteiger partial charge in [0, 0.05) is 44.2 Å². The summed E-state index contributed by atoms with van der Waals surface area (Å²) < 4.78 is 13.3. The number of aryl methyl sites for hydroxylation is 1. The summed E-state index contributed by atoms with van der Waals surface area (Å²) in [5, 5.41) is 3.11. The van der Waals surface area contributed by atoms with Crippen LogP contribution in [0.15, 0.2) is 54.6 Å². The number of aromatic nitrogens is 2. The first-order valence-corrected chi connectivity index (χ1v) is 10.8. The summed E-state index contributed by atoms with van der Waals surface area (Å²) in [4.78, 5) is 26.0. The number of anilines is 2. The second-order valence-corrected chi connectivity index (χ2v) is 8.32. The molecule has 4 rings (SSSR count). The molecule has 1 aliphatic heterocycles. The number of rotatable bonds is 7. The summed E-state index contributed by atoms with van der Waals surface area (Å²) in [5.41, 5.74) is 4.09. The fourth-order valence-electron chi connectivity index (χ4n) is 4.08. The van der Waals surface area contributed by atoms with Crippen LogP contribution in [0.1, 0.15) is 35.0 Å². The molecule has 0 saturated carbocycles. The maximum atomic E-state index is 13.3. The standard InChI is InChI=1S/C25H28FN5O/c1-17-6-4-5-7-18(17)14-30(3)16-24-28-22(13-23(27-2)29-24)19-12-25(32)31(15-19)21-10-8-20(26)9-11-21/h4-11,13,19H,12,14-16H2,1-3H3,(H,27,28,29). The Morgan fingerprint density at radius 3 is 2.59 bits per heavy atom. The Morgan fingerprint density at radius 1 is 1.12 bits per heavy atom. The quantitative estimate of drug-likeness (QED) is 0.607. The first kappa shape index (κ1) is 21.9. The van der Waals surface area contributed by atoms with Crippen molar-refractivity contribution in [1.29, 1.82) is 0 Å². The van der Waals surface area contributed by atoms with Crippen LogP contribution in [0.2, 0.25) is 0 Å². The maximum Gasteiger partial charge on any atom is 0.227 e. The molecule has 1 fully saturated rings. The molecular weight excluding hydrogens is 405 g/mol. The average Bonchev–Trinajstić information content (AvgIpc) is 3.17. The third kappa shape index (κ3) is 4.94. The number of halogens is 1. The van der Waals surface area contributed by atoms with Crippen molar-refractivity contribution < 1.29 is 9.18 Å². The fraction of sp³-hybridized carbons (Fsp3) is 0.320. The van der Waals surface area contributed by atoms with Gasteiger partial charge in [0.2, 0.25) is 5.91 Å². The summed E-state index contributed by atoms with van der Waals surface area (Å²) in [5.74, 6) is 1.12. The lowest BCUT2D eigenvalue weighted by Gasteiger charge is -2.19. The van der Waals surface area contributed by atoms with Gasteiger partial charge in [-0.25, -0.2) is 14.4 Å². The third-order valence-electron chi connectivity index (χ3n) is 5.84. The minimum absolute atomic E-state index is 0.0180. The molecule has 0 bridgehead atoms. The Kier molecular flexibility index (Phi) is 6.46. The molecule has 3 aromatic rings. The molecule has 1 saturated heterocycles. The van der Waals surface area contributed by atoms with Gasteiger partial charge in [-0.2, -0.15) is 0 Å². The van der Waals surface area contributed by atoms with Gasteiger partial charge in [-0.05, 0) is 49.4 Å². The zero-order chi connectivity index (χ0) is 22.7. The topological polar surface area (TPSA) is 61.4 Å². The smallest absolute Gasteiger partial charge is 0.227 e. The molecule has 1 N–H and O–H groups in total. The van der Waals surface area contributed by atoms with Crippen LogP contribution in [0, 0.1) is 12.7 Å². The van der Waals surface area contributed by atoms with Crippen molar-refractivity contribution in [2.45, 2.75) is 32.4 Å². The van der Waals surface area contributed by atoms with E-state index in [4.69, 9.17) is 4.98 Å². The summed E-state index contributed by atoms with van der Waals surface area (Å²) in [6, 6.07) is 16.3. The van der Waals surface area contributed by atoms with Gasteiger partial charge in [0.15, 0.2) is 0 Å². The van der Waals surface area contributed by atoms with Gasteiger partial charge in [-0.1, -0.05) is 24.3 Å². The van der Waals surface area contributed by atoms with Crippen molar-refractivity contribution in [1.82, 2.24) is 14.9 Å². The van der Waals surface area contributed by atoms with Crippen molar-refractivity contribution >= 4 is 17.4 Å². The van der Waals surface area contributed by atoms with E-state index in [9.17, 15) is 9.18 Å². The van der Waals surface area contributed by atoms with Gasteiger partial charge in [-0.15, -0.1) is 0 Å². The molecule has 1 aromatic heterocycles. The second-order valence-electron chi connectivity index (χ2n) is 8.32. The number of carbonyl (C=O) groups excluding carboxylic acids is 1. The van der Waals surface area contributed by atoms with Crippen LogP contribution < -0.4 is 10.2 Å². The highest BCUT2D eigenvalue weighted by atomic mass is 19.1. The molecule has 0 aliphatic carbocycles. The minimum atomic E-state index is -0.314. The normalized spacial score (nSPS) is 16.1. The molecule has 2 heterocycles. The average molecular weight is 434 g/mol. The molecule has 7 heteroatoms. The van der Waals surface area contributed by atoms with Crippen molar-refractivity contribution in [3.63, 3.8) is 0 Å². The van der Waals surface area contributed by atoms with E-state index in [0.29, 0.717) is 25.2 Å². The van der Waals surface area contributed by atoms with Gasteiger partial charge in [0.1, 0.15) is 17.5 Å². The molecule has 1 amide bonds. The van der Waals surface area contributed by atoms with Gasteiger partial charge >= 0.3 is 0 Å². The van der Waals surface area contributed by atoms with Crippen LogP contribution in [-0.2, 0) is 17.9 Å². The van der Waals surface area contributed by atoms with Gasteiger partial charge in [0.25, 0.3) is 0 Å². The highest BCUT2D eigenvalue weighted by Crippen LogP contribution is 2.32. The molecule has 2 aromatic carbocycles. The maximum absolute atomic E-state index is 13.3. The summed E-state index contributed by atoms with van der Waals surface area (Å²) in [6.07, 6.45) is 0.371. The number of benzene rings is 2. The van der Waals surface area contributed by atoms with Gasteiger partial charge < -0.3 is 10.2 Å². The Labute approximate surface area is 188 Å². The Balaban J connectivity index is 1.51. The molecule has 0 radical (unpaired) electrons. The molecule has 1 aliphatic rings. The van der Waals surface area contributed by atoms with Crippen molar-refractivity contribution in [2.75, 3.05) is 30.9 Å². The number of amides is 1. The van der Waals surface area contributed by atoms with Crippen molar-refractivity contribution in [3.8, 4) is 0 Å². The lowest BCUT2D eigenvalue weighted by molar-refractivity contribution is -0.117. The van der Waals surface area contributed by atoms with Crippen molar-refractivity contribution in [3.05, 3.63) is 83.1 Å². The fourth-order valence-corrected chi connectivity index (χ4v) is 4.08. The van der Waals surface area contributed by atoms with E-state index in [1.807, 2.05) is 19.2 Å². The van der Waals surface area contributed by atoms with E-state index in [1.54, 1.807) is 17.0 Å². The van der Waals surface area contributed by atoms with Crippen LogP contribution in [0.25, 0.3) is 0 Å². The summed E-state index contributed by atoms with van der Waals surface area (Å²) in [6.45, 7) is 4.03. The lowest BCUT2D eigenvalue weighted by atomic mass is 10.0. The summed E-state index contributed by atoms with van der Waals surface area (Å²) >= 11 is 0. The van der Waals surface area contributed by atoms with Crippen molar-refractivity contribution in [2.24, 2.45) is 0 Å². The van der Waals surface area contributed by atoms with Crippen LogP contribution in [0.5, 0.6) is 0 Å². The van der Waals surface area contributed by atoms with Crippen LogP contribution in [0.4, 0.5) is 15.9 Å². The highest BCUT2D eigenvalue weighted by Gasteiger charge is 2.33. The molecule has 166 valence electrons. The van der Waals surface area contributed by atoms with E-state index in [2.05, 4.69) is 47.4 Å². The largest absolute Gasteiger partial charge is 0.373 e. The third-order valence-corrected chi connectivity index (χ3v) is 5.84. The van der Waals surface area contributed by atoms with Crippen LogP contribution >= 0.6 is 0 Å². The second kappa shape index (κ2) is 9.44. The zero-order valence-electron chi connectivity index (χ0n) is 18.7. The monoisotopic (exact) mass is 433 g/mol. The number of nitrogens with one attached hydrogen (secondary N) is 1. The molecule has 0 spiro atoms. The first-order chi connectivity index (χ1) is 15.4. The number of hydrogen-bond acceptors (Lipinski definition) is 5. The Hall–Kier alpha value is -3.32. The number of nitrogens with zero attached hydrogens (tertiary/aromatic N) is 4. The van der Waals surface area contributed by atoms with E-state index in [-0.39, 0.29) is 17.6 Å². The summed E-state index contributed by atoms with van der Waals surface area (Å²) in [7, 11) is 3.88. The van der Waals surface area contributed by atoms with E-state index < -0.39 is 0 Å². The first-order valence-electron chi connectivity index (χ1n) is 10.8. The van der Waals surface area contributed by atoms with Gasteiger partial charge in [0.05, 0.1) is 12.2 Å². The van der Waals surface area contributed by atoms with Gasteiger partial charge in [-0.3, -0.25) is 9.69 Å². The SMILES string of the molecule is CNc1cc(C2CC(=O)N(c3ccc(F)cc3)C2)nc(CN(C)Cc2ccccc2C)n1. The van der Waals surface area contributed by atoms with E-state index >= 15 is 0 Å². The Bertz CT molecular complexity index is 1100. The lowest BCUT2D eigenvalue weighted by Crippen LogP contribution is -2.24. The van der Waals surface area contributed by atoms with Crippen LogP contribution in [0.3, 0.4) is 0 Å². The zero-order valence-corrected chi connectivity index (χ0v) is 18.7. The minimum Gasteiger partial charge on any atom is -0.373 e.